The number of amides is 1. The van der Waals surface area contributed by atoms with Crippen molar-refractivity contribution in [3.8, 4) is 0 Å². The van der Waals surface area contributed by atoms with Crippen LogP contribution in [-0.4, -0.2) is 43.4 Å². The number of carbonyl (C=O) groups excluding carboxylic acids is 1. The highest BCUT2D eigenvalue weighted by molar-refractivity contribution is 6.08. The molecule has 0 aliphatic carbocycles. The van der Waals surface area contributed by atoms with E-state index in [1.807, 2.05) is 34.7 Å². The highest BCUT2D eigenvalue weighted by Crippen LogP contribution is 2.36. The summed E-state index contributed by atoms with van der Waals surface area (Å²) in [6.07, 6.45) is 6.06. The van der Waals surface area contributed by atoms with E-state index in [2.05, 4.69) is 58.8 Å². The van der Waals surface area contributed by atoms with Crippen LogP contribution in [0.1, 0.15) is 81.8 Å². The van der Waals surface area contributed by atoms with Crippen LogP contribution in [0.4, 0.5) is 0 Å². The molecule has 0 unspecified atom stereocenters. The van der Waals surface area contributed by atoms with E-state index in [-0.39, 0.29) is 18.2 Å². The number of rotatable bonds is 2. The fourth-order valence-corrected chi connectivity index (χ4v) is 7.14. The van der Waals surface area contributed by atoms with Crippen LogP contribution < -0.4 is 0 Å². The first-order valence-corrected chi connectivity index (χ1v) is 15.4. The average Bonchev–Trinajstić information content (AvgIpc) is 3.44. The molecule has 0 saturated carbocycles. The molecule has 218 valence electrons. The molecular weight excluding hydrogens is 536 g/mol. The fourth-order valence-electron chi connectivity index (χ4n) is 7.14. The Hall–Kier alpha value is -4.52. The molecule has 7 nitrogen and oxygen atoms in total. The van der Waals surface area contributed by atoms with E-state index in [1.54, 1.807) is 0 Å². The second kappa shape index (κ2) is 11.3. The smallest absolute Gasteiger partial charge is 0.304 e. The van der Waals surface area contributed by atoms with Gasteiger partial charge in [0.2, 0.25) is 0 Å². The molecule has 5 aliphatic rings. The molecule has 9 bridgehead atoms. The normalized spacial score (nSPS) is 17.6. The van der Waals surface area contributed by atoms with Crippen molar-refractivity contribution in [1.82, 2.24) is 19.9 Å². The van der Waals surface area contributed by atoms with Crippen LogP contribution in [0.25, 0.3) is 21.8 Å². The topological polar surface area (TPSA) is 88.3 Å². The van der Waals surface area contributed by atoms with Crippen LogP contribution in [0, 0.1) is 6.92 Å². The number of hydrogen-bond donors (Lipinski definition) is 1. The predicted octanol–water partition coefficient (Wildman–Crippen LogP) is 6.81. The van der Waals surface area contributed by atoms with E-state index in [1.165, 1.54) is 11.1 Å². The van der Waals surface area contributed by atoms with E-state index in [0.29, 0.717) is 13.1 Å². The zero-order valence-corrected chi connectivity index (χ0v) is 24.6. The molecule has 4 aromatic carbocycles. The number of hydrogen-bond acceptors (Lipinski definition) is 4. The Bertz CT molecular complexity index is 1870. The second-order valence-corrected chi connectivity index (χ2v) is 12.1. The maximum absolute atomic E-state index is 14.0. The number of aromatic nitrogens is 3. The third kappa shape index (κ3) is 5.07. The zero-order chi connectivity index (χ0) is 29.5. The Balaban J connectivity index is 1.33. The lowest BCUT2D eigenvalue weighted by atomic mass is 9.83. The Morgan fingerprint density at radius 1 is 0.884 bits per heavy atom. The van der Waals surface area contributed by atoms with Gasteiger partial charge in [0.25, 0.3) is 5.91 Å². The first-order valence-electron chi connectivity index (χ1n) is 15.4. The van der Waals surface area contributed by atoms with Gasteiger partial charge in [0.1, 0.15) is 5.52 Å². The average molecular weight is 573 g/mol. The first kappa shape index (κ1) is 27.3. The van der Waals surface area contributed by atoms with Crippen LogP contribution >= 0.6 is 0 Å². The van der Waals surface area contributed by atoms with Gasteiger partial charge in [0, 0.05) is 31.1 Å². The van der Waals surface area contributed by atoms with Crippen LogP contribution in [0.2, 0.25) is 0 Å². The summed E-state index contributed by atoms with van der Waals surface area (Å²) in [5, 5.41) is 21.1. The highest BCUT2D eigenvalue weighted by atomic mass is 16.4. The Labute approximate surface area is 251 Å². The minimum Gasteiger partial charge on any atom is -0.481 e. The van der Waals surface area contributed by atoms with E-state index in [4.69, 9.17) is 0 Å². The molecule has 1 N–H and O–H groups in total. The molecule has 0 radical (unpaired) electrons. The van der Waals surface area contributed by atoms with Crippen molar-refractivity contribution in [1.29, 1.82) is 0 Å². The molecule has 1 aromatic heterocycles. The SMILES string of the molecule is Cc1c2ccc3c1nnn3CCCCCCc1ccc(c3ccccc13)C(=O)N1CCc3ccc(cc3C1)[C@H]2CC(=O)O. The number of aryl methyl sites for hydroxylation is 3. The van der Waals surface area contributed by atoms with Crippen molar-refractivity contribution in [3.05, 3.63) is 106 Å². The third-order valence-electron chi connectivity index (χ3n) is 9.48. The molecule has 5 aliphatic heterocycles. The quantitative estimate of drug-likeness (QED) is 0.251. The van der Waals surface area contributed by atoms with Gasteiger partial charge in [-0.05, 0) is 88.9 Å². The summed E-state index contributed by atoms with van der Waals surface area (Å²) >= 11 is 0. The minimum atomic E-state index is -0.848. The molecule has 0 spiro atoms. The number of carbonyl (C=O) groups is 2. The molecule has 10 rings (SSSR count). The van der Waals surface area contributed by atoms with Crippen LogP contribution in [0.5, 0.6) is 0 Å². The molecule has 0 fully saturated rings. The van der Waals surface area contributed by atoms with Gasteiger partial charge in [0.05, 0.1) is 11.9 Å². The predicted molar refractivity (Wildman–Crippen MR) is 167 cm³/mol. The molecule has 0 saturated heterocycles. The zero-order valence-electron chi connectivity index (χ0n) is 24.6. The van der Waals surface area contributed by atoms with Gasteiger partial charge < -0.3 is 10.0 Å². The summed E-state index contributed by atoms with van der Waals surface area (Å²) in [5.41, 5.74) is 9.04. The standard InChI is InChI=1S/C36H36N4O3/c1-23-28-15-16-33-35(23)37-38-40(33)18-7-3-2-4-8-25-13-14-31(30-10-6-5-9-29(25)30)36(43)39-19-17-24-11-12-26(20-27(24)22-39)32(28)21-34(41)42/h5-6,9-16,20,32H,2-4,7-8,17-19,21-22H2,1H3,(H,41,42)/t32-/m1/s1. The monoisotopic (exact) mass is 572 g/mol. The van der Waals surface area contributed by atoms with Gasteiger partial charge in [-0.3, -0.25) is 9.59 Å². The van der Waals surface area contributed by atoms with Crippen LogP contribution in [0.3, 0.4) is 0 Å². The van der Waals surface area contributed by atoms with Gasteiger partial charge in [0.15, 0.2) is 0 Å². The molecule has 43 heavy (non-hydrogen) atoms. The summed E-state index contributed by atoms with van der Waals surface area (Å²) in [6.45, 7) is 3.99. The molecule has 7 heteroatoms. The maximum Gasteiger partial charge on any atom is 0.304 e. The van der Waals surface area contributed by atoms with E-state index >= 15 is 0 Å². The molecule has 6 heterocycles. The first-order chi connectivity index (χ1) is 21.0. The van der Waals surface area contributed by atoms with Gasteiger partial charge in [-0.25, -0.2) is 4.68 Å². The van der Waals surface area contributed by atoms with E-state index in [9.17, 15) is 14.7 Å². The molecule has 1 atom stereocenters. The number of aliphatic carboxylic acids is 1. The van der Waals surface area contributed by atoms with Crippen molar-refractivity contribution < 1.29 is 14.7 Å². The Morgan fingerprint density at radius 2 is 1.70 bits per heavy atom. The van der Waals surface area contributed by atoms with Crippen molar-refractivity contribution in [2.24, 2.45) is 0 Å². The fraction of sp³-hybridized carbons (Fsp3) is 0.333. The van der Waals surface area contributed by atoms with Crippen molar-refractivity contribution in [2.75, 3.05) is 6.54 Å². The second-order valence-electron chi connectivity index (χ2n) is 12.1. The molecular formula is C36H36N4O3. The lowest BCUT2D eigenvalue weighted by molar-refractivity contribution is -0.137. The summed E-state index contributed by atoms with van der Waals surface area (Å²) in [6, 6.07) is 22.9. The number of carboxylic acid groups (broad SMARTS) is 1. The van der Waals surface area contributed by atoms with Crippen molar-refractivity contribution >= 4 is 33.7 Å². The van der Waals surface area contributed by atoms with Crippen LogP contribution in [-0.2, 0) is 30.7 Å². The van der Waals surface area contributed by atoms with Gasteiger partial charge in [-0.1, -0.05) is 72.7 Å². The Morgan fingerprint density at radius 3 is 2.56 bits per heavy atom. The number of carboxylic acids is 1. The van der Waals surface area contributed by atoms with E-state index in [0.717, 1.165) is 94.7 Å². The minimum absolute atomic E-state index is 0.0275. The van der Waals surface area contributed by atoms with Crippen LogP contribution in [0.15, 0.2) is 66.7 Å². The third-order valence-corrected chi connectivity index (χ3v) is 9.48. The van der Waals surface area contributed by atoms with Gasteiger partial charge >= 0.3 is 5.97 Å². The summed E-state index contributed by atoms with van der Waals surface area (Å²) in [7, 11) is 0. The largest absolute Gasteiger partial charge is 0.481 e. The van der Waals surface area contributed by atoms with E-state index < -0.39 is 5.97 Å². The summed E-state index contributed by atoms with van der Waals surface area (Å²) in [4.78, 5) is 28.1. The van der Waals surface area contributed by atoms with Crippen molar-refractivity contribution in [3.63, 3.8) is 0 Å². The highest BCUT2D eigenvalue weighted by Gasteiger charge is 2.27. The Kier molecular flexibility index (Phi) is 7.17. The molecule has 1 amide bonds. The van der Waals surface area contributed by atoms with Gasteiger partial charge in [-0.2, -0.15) is 0 Å². The lowest BCUT2D eigenvalue weighted by Crippen LogP contribution is -2.36. The lowest BCUT2D eigenvalue weighted by Gasteiger charge is -2.30. The number of nitrogens with zero attached hydrogens (tertiary/aromatic N) is 4. The molecule has 5 aromatic rings. The summed E-state index contributed by atoms with van der Waals surface area (Å²) in [5.74, 6) is -1.13. The van der Waals surface area contributed by atoms with Gasteiger partial charge in [-0.15, -0.1) is 5.10 Å². The maximum atomic E-state index is 14.0. The number of benzene rings is 4. The summed E-state index contributed by atoms with van der Waals surface area (Å²) < 4.78 is 1.99. The van der Waals surface area contributed by atoms with Crippen molar-refractivity contribution in [2.45, 2.75) is 70.9 Å².